The van der Waals surface area contributed by atoms with Crippen molar-refractivity contribution in [1.29, 1.82) is 0 Å². The van der Waals surface area contributed by atoms with E-state index < -0.39 is 11.7 Å². The van der Waals surface area contributed by atoms with Crippen molar-refractivity contribution in [3.63, 3.8) is 0 Å². The molecule has 3 aromatic rings. The first-order valence-electron chi connectivity index (χ1n) is 14.2. The van der Waals surface area contributed by atoms with Gasteiger partial charge in [-0.05, 0) is 87.6 Å². The maximum Gasteiger partial charge on any atom is 0.339 e. The number of nitrogens with zero attached hydrogens (tertiary/aromatic N) is 1. The number of ether oxygens (including phenoxy) is 1. The van der Waals surface area contributed by atoms with Crippen molar-refractivity contribution >= 4 is 16.9 Å². The van der Waals surface area contributed by atoms with Gasteiger partial charge in [-0.1, -0.05) is 43.2 Å². The standard InChI is InChI=1S/C32H37NO5/c1-20-18-26(28-23-12-6-7-13-24(23)31(35)38-27(28)19-20)37-21(2)30(34)33-17-16-32(36)15-9-8-14-25(32)29(33)22-10-4-3-5-11-22/h3-5,10-11,18-19,21,25,29,36H,6-9,12-17H2,1-2H3. The van der Waals surface area contributed by atoms with Crippen LogP contribution in [0.1, 0.15) is 80.2 Å². The summed E-state index contributed by atoms with van der Waals surface area (Å²) >= 11 is 0. The second kappa shape index (κ2) is 9.88. The van der Waals surface area contributed by atoms with Crippen molar-refractivity contribution in [3.05, 3.63) is 75.1 Å². The highest BCUT2D eigenvalue weighted by molar-refractivity contribution is 5.89. The number of aliphatic hydroxyl groups is 1. The van der Waals surface area contributed by atoms with Crippen molar-refractivity contribution in [1.82, 2.24) is 4.90 Å². The van der Waals surface area contributed by atoms with E-state index in [0.717, 1.165) is 72.6 Å². The fourth-order valence-electron chi connectivity index (χ4n) is 7.23. The summed E-state index contributed by atoms with van der Waals surface area (Å²) in [5, 5.41) is 12.4. The number of hydrogen-bond donors (Lipinski definition) is 1. The van der Waals surface area contributed by atoms with E-state index in [1.807, 2.05) is 49.1 Å². The molecule has 6 heteroatoms. The van der Waals surface area contributed by atoms with Crippen LogP contribution in [-0.4, -0.2) is 34.2 Å². The lowest BCUT2D eigenvalue weighted by Crippen LogP contribution is -2.58. The molecule has 38 heavy (non-hydrogen) atoms. The zero-order valence-electron chi connectivity index (χ0n) is 22.4. The summed E-state index contributed by atoms with van der Waals surface area (Å²) in [6, 6.07) is 13.8. The number of carbonyl (C=O) groups excluding carboxylic acids is 1. The van der Waals surface area contributed by atoms with Crippen LogP contribution in [0, 0.1) is 12.8 Å². The Morgan fingerprint density at radius 1 is 1.08 bits per heavy atom. The molecule has 200 valence electrons. The Labute approximate surface area is 223 Å². The number of aryl methyl sites for hydroxylation is 2. The summed E-state index contributed by atoms with van der Waals surface area (Å²) in [5.41, 5.74) is 3.26. The fraction of sp³-hybridized carbons (Fsp3) is 0.500. The van der Waals surface area contributed by atoms with E-state index in [-0.39, 0.29) is 23.5 Å². The van der Waals surface area contributed by atoms with Crippen LogP contribution in [0.3, 0.4) is 0 Å². The summed E-state index contributed by atoms with van der Waals surface area (Å²) in [6.45, 7) is 4.25. The molecule has 3 aliphatic rings. The maximum atomic E-state index is 14.1. The minimum Gasteiger partial charge on any atom is -0.480 e. The highest BCUT2D eigenvalue weighted by Gasteiger charge is 2.50. The monoisotopic (exact) mass is 515 g/mol. The molecule has 6 rings (SSSR count). The van der Waals surface area contributed by atoms with Crippen LogP contribution in [0.15, 0.2) is 51.7 Å². The average Bonchev–Trinajstić information content (AvgIpc) is 2.92. The molecule has 1 saturated heterocycles. The molecule has 6 nitrogen and oxygen atoms in total. The van der Waals surface area contributed by atoms with Crippen LogP contribution in [-0.2, 0) is 17.6 Å². The van der Waals surface area contributed by atoms with Crippen molar-refractivity contribution in [2.24, 2.45) is 5.92 Å². The normalized spacial score (nSPS) is 25.9. The van der Waals surface area contributed by atoms with Gasteiger partial charge < -0.3 is 19.2 Å². The number of piperidine rings is 1. The summed E-state index contributed by atoms with van der Waals surface area (Å²) < 4.78 is 12.2. The predicted octanol–water partition coefficient (Wildman–Crippen LogP) is 5.64. The Kier molecular flexibility index (Phi) is 6.55. The van der Waals surface area contributed by atoms with E-state index in [1.54, 1.807) is 0 Å². The van der Waals surface area contributed by atoms with Gasteiger partial charge in [0.15, 0.2) is 6.10 Å². The zero-order valence-corrected chi connectivity index (χ0v) is 22.4. The molecular formula is C32H37NO5. The number of likely N-dealkylation sites (tertiary alicyclic amines) is 1. The van der Waals surface area contributed by atoms with E-state index in [9.17, 15) is 14.7 Å². The largest absolute Gasteiger partial charge is 0.480 e. The van der Waals surface area contributed by atoms with Crippen LogP contribution < -0.4 is 10.4 Å². The van der Waals surface area contributed by atoms with Gasteiger partial charge in [0, 0.05) is 18.0 Å². The number of amides is 1. The van der Waals surface area contributed by atoms with Gasteiger partial charge in [0.05, 0.1) is 17.0 Å². The van der Waals surface area contributed by atoms with Crippen LogP contribution in [0.5, 0.6) is 5.75 Å². The molecule has 0 spiro atoms. The summed E-state index contributed by atoms with van der Waals surface area (Å²) in [5.74, 6) is 0.530. The summed E-state index contributed by atoms with van der Waals surface area (Å²) in [7, 11) is 0. The molecular weight excluding hydrogens is 478 g/mol. The van der Waals surface area contributed by atoms with Gasteiger partial charge in [-0.25, -0.2) is 4.79 Å². The molecule has 2 heterocycles. The molecule has 4 atom stereocenters. The molecule has 2 aliphatic carbocycles. The lowest BCUT2D eigenvalue weighted by Gasteiger charge is -2.53. The minimum absolute atomic E-state index is 0.00430. The Hall–Kier alpha value is -3.12. The Morgan fingerprint density at radius 3 is 2.63 bits per heavy atom. The summed E-state index contributed by atoms with van der Waals surface area (Å²) in [4.78, 5) is 28.7. The highest BCUT2D eigenvalue weighted by Crippen LogP contribution is 2.49. The van der Waals surface area contributed by atoms with Gasteiger partial charge in [-0.3, -0.25) is 4.79 Å². The topological polar surface area (TPSA) is 80.0 Å². The van der Waals surface area contributed by atoms with Crippen LogP contribution in [0.25, 0.3) is 11.0 Å². The van der Waals surface area contributed by atoms with Crippen LogP contribution >= 0.6 is 0 Å². The zero-order chi connectivity index (χ0) is 26.4. The maximum absolute atomic E-state index is 14.1. The molecule has 1 amide bonds. The van der Waals surface area contributed by atoms with Crippen molar-refractivity contribution in [2.45, 2.75) is 89.4 Å². The van der Waals surface area contributed by atoms with Gasteiger partial charge in [0.1, 0.15) is 11.3 Å². The number of fused-ring (bicyclic) bond motifs is 4. The number of carbonyl (C=O) groups is 1. The molecule has 2 aromatic carbocycles. The molecule has 2 fully saturated rings. The molecule has 0 bridgehead atoms. The lowest BCUT2D eigenvalue weighted by molar-refractivity contribution is -0.161. The summed E-state index contributed by atoms with van der Waals surface area (Å²) in [6.07, 6.45) is 7.17. The Morgan fingerprint density at radius 2 is 1.84 bits per heavy atom. The lowest BCUT2D eigenvalue weighted by atomic mass is 9.66. The molecule has 1 saturated carbocycles. The minimum atomic E-state index is -0.733. The molecule has 1 aromatic heterocycles. The number of hydrogen-bond acceptors (Lipinski definition) is 5. The first-order valence-corrected chi connectivity index (χ1v) is 14.2. The molecule has 1 aliphatic heterocycles. The van der Waals surface area contributed by atoms with Gasteiger partial charge in [0.2, 0.25) is 0 Å². The quantitative estimate of drug-likeness (QED) is 0.455. The van der Waals surface area contributed by atoms with Crippen molar-refractivity contribution in [3.8, 4) is 5.75 Å². The first kappa shape index (κ1) is 25.2. The van der Waals surface area contributed by atoms with Gasteiger partial charge in [0.25, 0.3) is 5.91 Å². The highest BCUT2D eigenvalue weighted by atomic mass is 16.5. The second-order valence-electron chi connectivity index (χ2n) is 11.5. The van der Waals surface area contributed by atoms with Gasteiger partial charge in [-0.2, -0.15) is 0 Å². The predicted molar refractivity (Wildman–Crippen MR) is 146 cm³/mol. The van der Waals surface area contributed by atoms with E-state index >= 15 is 0 Å². The SMILES string of the molecule is Cc1cc(OC(C)C(=O)N2CCC3(O)CCCCC3C2c2ccccc2)c2c3c(c(=O)oc2c1)CCCC3. The van der Waals surface area contributed by atoms with E-state index in [4.69, 9.17) is 9.15 Å². The van der Waals surface area contributed by atoms with E-state index in [0.29, 0.717) is 30.7 Å². The third-order valence-corrected chi connectivity index (χ3v) is 9.07. The number of rotatable bonds is 4. The average molecular weight is 516 g/mol. The van der Waals surface area contributed by atoms with Gasteiger partial charge >= 0.3 is 5.63 Å². The molecule has 1 N–H and O–H groups in total. The Balaban J connectivity index is 1.35. The molecule has 4 unspecified atom stereocenters. The smallest absolute Gasteiger partial charge is 0.339 e. The third-order valence-electron chi connectivity index (χ3n) is 9.07. The van der Waals surface area contributed by atoms with Crippen molar-refractivity contribution in [2.75, 3.05) is 6.54 Å². The Bertz CT molecular complexity index is 1410. The van der Waals surface area contributed by atoms with E-state index in [1.165, 1.54) is 0 Å². The van der Waals surface area contributed by atoms with Gasteiger partial charge in [-0.15, -0.1) is 0 Å². The fourth-order valence-corrected chi connectivity index (χ4v) is 7.23. The van der Waals surface area contributed by atoms with Crippen molar-refractivity contribution < 1.29 is 19.1 Å². The second-order valence-corrected chi connectivity index (χ2v) is 11.5. The van der Waals surface area contributed by atoms with Crippen LogP contribution in [0.2, 0.25) is 0 Å². The first-order chi connectivity index (χ1) is 18.4. The molecule has 0 radical (unpaired) electrons. The number of benzene rings is 2. The third kappa shape index (κ3) is 4.33. The van der Waals surface area contributed by atoms with Crippen LogP contribution in [0.4, 0.5) is 0 Å². The van der Waals surface area contributed by atoms with E-state index in [2.05, 4.69) is 12.1 Å².